The maximum Gasteiger partial charge on any atom is 0.237 e. The van der Waals surface area contributed by atoms with Gasteiger partial charge in [-0.3, -0.25) is 4.98 Å². The van der Waals surface area contributed by atoms with Gasteiger partial charge in [-0.1, -0.05) is 6.07 Å². The molecule has 1 aromatic carbocycles. The van der Waals surface area contributed by atoms with E-state index in [1.54, 1.807) is 12.1 Å². The highest BCUT2D eigenvalue weighted by Crippen LogP contribution is 2.21. The maximum absolute atomic E-state index is 11.4. The Morgan fingerprint density at radius 1 is 1.26 bits per heavy atom. The van der Waals surface area contributed by atoms with Crippen molar-refractivity contribution in [2.24, 2.45) is 5.73 Å². The normalized spacial score (nSPS) is 11.3. The van der Waals surface area contributed by atoms with Crippen LogP contribution in [0.3, 0.4) is 0 Å². The standard InChI is InChI=1S/C12H13N3O3S/c1-19(16,17)11-4-2-3-10(5-11)18-12-8-14-9(6-13)7-15-12/h2-5,7-8H,6,13H2,1H3. The summed E-state index contributed by atoms with van der Waals surface area (Å²) in [7, 11) is -3.26. The third-order valence-corrected chi connectivity index (χ3v) is 3.46. The average Bonchev–Trinajstić information content (AvgIpc) is 2.39. The third kappa shape index (κ3) is 3.49. The lowest BCUT2D eigenvalue weighted by molar-refractivity contribution is 0.457. The second-order valence-electron chi connectivity index (χ2n) is 3.90. The van der Waals surface area contributed by atoms with Crippen molar-refractivity contribution in [3.63, 3.8) is 0 Å². The van der Waals surface area contributed by atoms with E-state index in [1.807, 2.05) is 0 Å². The number of nitrogens with two attached hydrogens (primary N) is 1. The molecule has 100 valence electrons. The van der Waals surface area contributed by atoms with Gasteiger partial charge in [0.15, 0.2) is 9.84 Å². The lowest BCUT2D eigenvalue weighted by atomic mass is 10.3. The summed E-state index contributed by atoms with van der Waals surface area (Å²) in [5, 5.41) is 0. The quantitative estimate of drug-likeness (QED) is 0.901. The summed E-state index contributed by atoms with van der Waals surface area (Å²) in [5.74, 6) is 0.667. The molecule has 0 saturated carbocycles. The van der Waals surface area contributed by atoms with Gasteiger partial charge in [-0.15, -0.1) is 0 Å². The van der Waals surface area contributed by atoms with Gasteiger partial charge in [0.25, 0.3) is 0 Å². The van der Waals surface area contributed by atoms with Crippen LogP contribution in [0, 0.1) is 0 Å². The van der Waals surface area contributed by atoms with Crippen molar-refractivity contribution < 1.29 is 13.2 Å². The molecule has 0 aliphatic rings. The molecule has 0 amide bonds. The second kappa shape index (κ2) is 5.33. The lowest BCUT2D eigenvalue weighted by Gasteiger charge is -2.06. The summed E-state index contributed by atoms with van der Waals surface area (Å²) in [6.45, 7) is 0.302. The van der Waals surface area contributed by atoms with Crippen LogP contribution >= 0.6 is 0 Å². The van der Waals surface area contributed by atoms with Crippen molar-refractivity contribution in [3.05, 3.63) is 42.4 Å². The predicted molar refractivity (Wildman–Crippen MR) is 69.5 cm³/mol. The minimum atomic E-state index is -3.26. The van der Waals surface area contributed by atoms with Gasteiger partial charge in [-0.25, -0.2) is 13.4 Å². The first kappa shape index (κ1) is 13.4. The number of nitrogens with zero attached hydrogens (tertiary/aromatic N) is 2. The van der Waals surface area contributed by atoms with Crippen LogP contribution in [0.5, 0.6) is 11.6 Å². The molecule has 0 unspecified atom stereocenters. The van der Waals surface area contributed by atoms with Gasteiger partial charge in [0.05, 0.1) is 23.0 Å². The Kier molecular flexibility index (Phi) is 3.77. The number of aromatic nitrogens is 2. The Morgan fingerprint density at radius 3 is 2.63 bits per heavy atom. The van der Waals surface area contributed by atoms with Crippen LogP contribution in [0.4, 0.5) is 0 Å². The number of hydrogen-bond donors (Lipinski definition) is 1. The number of rotatable bonds is 4. The molecule has 7 heteroatoms. The van der Waals surface area contributed by atoms with E-state index in [9.17, 15) is 8.42 Å². The molecule has 0 spiro atoms. The molecule has 2 N–H and O–H groups in total. The topological polar surface area (TPSA) is 95.2 Å². The minimum Gasteiger partial charge on any atom is -0.437 e. The van der Waals surface area contributed by atoms with E-state index in [4.69, 9.17) is 10.5 Å². The largest absolute Gasteiger partial charge is 0.437 e. The van der Waals surface area contributed by atoms with Crippen molar-refractivity contribution in [3.8, 4) is 11.6 Å². The third-order valence-electron chi connectivity index (χ3n) is 2.35. The van der Waals surface area contributed by atoms with Crippen molar-refractivity contribution in [1.82, 2.24) is 9.97 Å². The fourth-order valence-electron chi connectivity index (χ4n) is 1.39. The maximum atomic E-state index is 11.4. The Balaban J connectivity index is 2.23. The van der Waals surface area contributed by atoms with Gasteiger partial charge in [-0.05, 0) is 18.2 Å². The van der Waals surface area contributed by atoms with E-state index >= 15 is 0 Å². The first-order valence-electron chi connectivity index (χ1n) is 5.48. The van der Waals surface area contributed by atoms with E-state index in [0.717, 1.165) is 6.26 Å². The Hall–Kier alpha value is -1.99. The van der Waals surface area contributed by atoms with Crippen LogP contribution in [-0.2, 0) is 16.4 Å². The molecule has 0 fully saturated rings. The van der Waals surface area contributed by atoms with Crippen LogP contribution < -0.4 is 10.5 Å². The molecule has 0 aliphatic heterocycles. The van der Waals surface area contributed by atoms with E-state index in [2.05, 4.69) is 9.97 Å². The highest BCUT2D eigenvalue weighted by molar-refractivity contribution is 7.90. The lowest BCUT2D eigenvalue weighted by Crippen LogP contribution is -2.01. The van der Waals surface area contributed by atoms with E-state index in [-0.39, 0.29) is 10.8 Å². The SMILES string of the molecule is CS(=O)(=O)c1cccc(Oc2cnc(CN)cn2)c1. The molecule has 1 heterocycles. The van der Waals surface area contributed by atoms with Crippen LogP contribution in [0.25, 0.3) is 0 Å². The summed E-state index contributed by atoms with van der Waals surface area (Å²) in [5.41, 5.74) is 6.06. The summed E-state index contributed by atoms with van der Waals surface area (Å²) in [6.07, 6.45) is 4.09. The zero-order chi connectivity index (χ0) is 13.9. The average molecular weight is 279 g/mol. The van der Waals surface area contributed by atoms with E-state index in [0.29, 0.717) is 18.0 Å². The molecule has 0 radical (unpaired) electrons. The monoisotopic (exact) mass is 279 g/mol. The number of sulfone groups is 1. The van der Waals surface area contributed by atoms with Gasteiger partial charge < -0.3 is 10.5 Å². The molecular weight excluding hydrogens is 266 g/mol. The summed E-state index contributed by atoms with van der Waals surface area (Å²) in [6, 6.07) is 6.19. The molecule has 0 aliphatic carbocycles. The van der Waals surface area contributed by atoms with Crippen LogP contribution in [-0.4, -0.2) is 24.6 Å². The summed E-state index contributed by atoms with van der Waals surface area (Å²) < 4.78 is 28.3. The molecule has 0 bridgehead atoms. The van der Waals surface area contributed by atoms with Crippen molar-refractivity contribution in [2.45, 2.75) is 11.4 Å². The first-order valence-corrected chi connectivity index (χ1v) is 7.37. The van der Waals surface area contributed by atoms with Crippen molar-refractivity contribution >= 4 is 9.84 Å². The summed E-state index contributed by atoms with van der Waals surface area (Å²) >= 11 is 0. The van der Waals surface area contributed by atoms with E-state index in [1.165, 1.54) is 24.5 Å². The van der Waals surface area contributed by atoms with Crippen molar-refractivity contribution in [1.29, 1.82) is 0 Å². The molecule has 2 aromatic rings. The zero-order valence-corrected chi connectivity index (χ0v) is 11.1. The Bertz CT molecular complexity index is 669. The molecule has 6 nitrogen and oxygen atoms in total. The molecule has 0 saturated heterocycles. The molecule has 0 atom stereocenters. The molecule has 1 aromatic heterocycles. The van der Waals surface area contributed by atoms with Gasteiger partial charge in [0.2, 0.25) is 5.88 Å². The number of ether oxygens (including phenoxy) is 1. The molecule has 19 heavy (non-hydrogen) atoms. The van der Waals surface area contributed by atoms with Crippen LogP contribution in [0.1, 0.15) is 5.69 Å². The molecular formula is C12H13N3O3S. The van der Waals surface area contributed by atoms with Crippen LogP contribution in [0.15, 0.2) is 41.6 Å². The van der Waals surface area contributed by atoms with Gasteiger partial charge in [-0.2, -0.15) is 0 Å². The fraction of sp³-hybridized carbons (Fsp3) is 0.167. The highest BCUT2D eigenvalue weighted by Gasteiger charge is 2.08. The predicted octanol–water partition coefficient (Wildman–Crippen LogP) is 1.13. The molecule has 2 rings (SSSR count). The summed E-state index contributed by atoms with van der Waals surface area (Å²) in [4.78, 5) is 8.25. The van der Waals surface area contributed by atoms with E-state index < -0.39 is 9.84 Å². The van der Waals surface area contributed by atoms with Gasteiger partial charge in [0.1, 0.15) is 5.75 Å². The second-order valence-corrected chi connectivity index (χ2v) is 5.91. The zero-order valence-electron chi connectivity index (χ0n) is 10.3. The van der Waals surface area contributed by atoms with Crippen molar-refractivity contribution in [2.75, 3.05) is 6.26 Å². The Labute approximate surface area is 111 Å². The van der Waals surface area contributed by atoms with Gasteiger partial charge in [0, 0.05) is 12.8 Å². The Morgan fingerprint density at radius 2 is 2.05 bits per heavy atom. The first-order chi connectivity index (χ1) is 8.99. The smallest absolute Gasteiger partial charge is 0.237 e. The van der Waals surface area contributed by atoms with Crippen LogP contribution in [0.2, 0.25) is 0 Å². The fourth-order valence-corrected chi connectivity index (χ4v) is 2.05. The number of hydrogen-bond acceptors (Lipinski definition) is 6. The highest BCUT2D eigenvalue weighted by atomic mass is 32.2. The minimum absolute atomic E-state index is 0.191. The number of benzene rings is 1. The van der Waals surface area contributed by atoms with Gasteiger partial charge >= 0.3 is 0 Å².